The van der Waals surface area contributed by atoms with E-state index >= 15 is 0 Å². The number of oxazole rings is 1. The van der Waals surface area contributed by atoms with Gasteiger partial charge in [-0.3, -0.25) is 4.57 Å². The molecule has 80 valence electrons. The lowest BCUT2D eigenvalue weighted by Crippen LogP contribution is -2.08. The molecular weight excluding hydrogens is 214 g/mol. The average Bonchev–Trinajstić information content (AvgIpc) is 2.54. The van der Waals surface area contributed by atoms with Gasteiger partial charge in [0.25, 0.3) is 0 Å². The number of aryl methyl sites for hydroxylation is 1. The van der Waals surface area contributed by atoms with Gasteiger partial charge in [0.15, 0.2) is 5.58 Å². The Morgan fingerprint density at radius 2 is 2.33 bits per heavy atom. The molecular formula is C10H11NO3S. The summed E-state index contributed by atoms with van der Waals surface area (Å²) in [7, 11) is 1.63. The van der Waals surface area contributed by atoms with E-state index in [1.807, 2.05) is 0 Å². The van der Waals surface area contributed by atoms with Crippen molar-refractivity contribution in [1.29, 1.82) is 0 Å². The van der Waals surface area contributed by atoms with Gasteiger partial charge in [0.2, 0.25) is 0 Å². The van der Waals surface area contributed by atoms with Crippen molar-refractivity contribution in [2.75, 3.05) is 5.75 Å². The molecule has 1 unspecified atom stereocenters. The minimum absolute atomic E-state index is 0.345. The second-order valence-corrected chi connectivity index (χ2v) is 3.72. The zero-order chi connectivity index (χ0) is 11.0. The third-order valence-corrected chi connectivity index (χ3v) is 2.72. The maximum absolute atomic E-state index is 11.2. The number of aromatic nitrogens is 1. The molecule has 1 atom stereocenters. The zero-order valence-corrected chi connectivity index (χ0v) is 9.07. The van der Waals surface area contributed by atoms with E-state index in [0.717, 1.165) is 5.56 Å². The lowest BCUT2D eigenvalue weighted by atomic mass is 10.1. The second-order valence-electron chi connectivity index (χ2n) is 3.35. The molecule has 0 spiro atoms. The molecule has 2 rings (SSSR count). The number of benzene rings is 1. The maximum atomic E-state index is 11.2. The highest BCUT2D eigenvalue weighted by atomic mass is 32.1. The molecule has 4 nitrogen and oxygen atoms in total. The van der Waals surface area contributed by atoms with Crippen molar-refractivity contribution < 1.29 is 9.52 Å². The predicted molar refractivity (Wildman–Crippen MR) is 60.3 cm³/mol. The van der Waals surface area contributed by atoms with Crippen LogP contribution in [0.1, 0.15) is 11.7 Å². The fraction of sp³-hybridized carbons (Fsp3) is 0.300. The van der Waals surface area contributed by atoms with Gasteiger partial charge in [-0.2, -0.15) is 12.6 Å². The monoisotopic (exact) mass is 225 g/mol. The third kappa shape index (κ3) is 1.68. The third-order valence-electron chi connectivity index (χ3n) is 2.37. The molecule has 0 aliphatic carbocycles. The summed E-state index contributed by atoms with van der Waals surface area (Å²) in [5, 5.41) is 9.59. The second kappa shape index (κ2) is 3.75. The van der Waals surface area contributed by atoms with Crippen molar-refractivity contribution in [2.45, 2.75) is 6.10 Å². The highest BCUT2D eigenvalue weighted by Gasteiger charge is 2.10. The normalized spacial score (nSPS) is 13.3. The van der Waals surface area contributed by atoms with E-state index in [-0.39, 0.29) is 0 Å². The largest absolute Gasteiger partial charge is 0.419 e. The van der Waals surface area contributed by atoms with Gasteiger partial charge in [-0.15, -0.1) is 0 Å². The summed E-state index contributed by atoms with van der Waals surface area (Å²) >= 11 is 4.01. The van der Waals surface area contributed by atoms with Gasteiger partial charge in [-0.1, -0.05) is 6.07 Å². The molecule has 0 amide bonds. The number of aliphatic hydroxyl groups is 1. The molecule has 0 saturated heterocycles. The van der Waals surface area contributed by atoms with Crippen LogP contribution in [0.2, 0.25) is 0 Å². The molecule has 1 N–H and O–H groups in total. The Morgan fingerprint density at radius 1 is 1.60 bits per heavy atom. The van der Waals surface area contributed by atoms with Gasteiger partial charge in [0.05, 0.1) is 11.6 Å². The summed E-state index contributed by atoms with van der Waals surface area (Å²) in [6, 6.07) is 5.14. The van der Waals surface area contributed by atoms with E-state index in [1.165, 1.54) is 4.57 Å². The molecule has 1 aromatic carbocycles. The van der Waals surface area contributed by atoms with Crippen molar-refractivity contribution in [3.05, 3.63) is 34.3 Å². The Morgan fingerprint density at radius 3 is 3.00 bits per heavy atom. The Kier molecular flexibility index (Phi) is 2.58. The summed E-state index contributed by atoms with van der Waals surface area (Å²) in [6.07, 6.45) is -0.622. The number of thiol groups is 1. The SMILES string of the molecule is Cn1c(=O)oc2ccc(C(O)CS)cc21. The van der Waals surface area contributed by atoms with Crippen LogP contribution in [0.4, 0.5) is 0 Å². The van der Waals surface area contributed by atoms with Gasteiger partial charge < -0.3 is 9.52 Å². The first-order chi connectivity index (χ1) is 7.13. The number of hydrogen-bond donors (Lipinski definition) is 2. The number of rotatable bonds is 2. The Balaban J connectivity index is 2.64. The van der Waals surface area contributed by atoms with Crippen molar-refractivity contribution in [3.8, 4) is 0 Å². The topological polar surface area (TPSA) is 55.4 Å². The van der Waals surface area contributed by atoms with E-state index in [2.05, 4.69) is 12.6 Å². The van der Waals surface area contributed by atoms with Gasteiger partial charge in [-0.25, -0.2) is 4.79 Å². The first kappa shape index (κ1) is 10.3. The molecule has 0 radical (unpaired) electrons. The van der Waals surface area contributed by atoms with Crippen LogP contribution in [-0.2, 0) is 7.05 Å². The van der Waals surface area contributed by atoms with Crippen LogP contribution in [-0.4, -0.2) is 15.4 Å². The summed E-state index contributed by atoms with van der Waals surface area (Å²) in [6.45, 7) is 0. The van der Waals surface area contributed by atoms with Gasteiger partial charge in [0.1, 0.15) is 0 Å². The van der Waals surface area contributed by atoms with Gasteiger partial charge in [0, 0.05) is 12.8 Å². The smallest absolute Gasteiger partial charge is 0.408 e. The first-order valence-electron chi connectivity index (χ1n) is 4.52. The molecule has 0 aliphatic heterocycles. The van der Waals surface area contributed by atoms with Crippen LogP contribution in [0.5, 0.6) is 0 Å². The number of nitrogens with zero attached hydrogens (tertiary/aromatic N) is 1. The van der Waals surface area contributed by atoms with Crippen LogP contribution >= 0.6 is 12.6 Å². The Hall–Kier alpha value is -1.20. The summed E-state index contributed by atoms with van der Waals surface area (Å²) in [5.74, 6) is -0.0559. The highest BCUT2D eigenvalue weighted by molar-refractivity contribution is 7.80. The molecule has 5 heteroatoms. The maximum Gasteiger partial charge on any atom is 0.419 e. The highest BCUT2D eigenvalue weighted by Crippen LogP contribution is 2.20. The van der Waals surface area contributed by atoms with Crippen LogP contribution in [0, 0.1) is 0 Å². The lowest BCUT2D eigenvalue weighted by Gasteiger charge is -2.06. The van der Waals surface area contributed by atoms with Crippen LogP contribution < -0.4 is 5.76 Å². The van der Waals surface area contributed by atoms with Crippen molar-refractivity contribution >= 4 is 23.7 Å². The Bertz CT molecular complexity index is 543. The number of aliphatic hydroxyl groups excluding tert-OH is 1. The molecule has 0 saturated carbocycles. The van der Waals surface area contributed by atoms with Crippen molar-refractivity contribution in [1.82, 2.24) is 4.57 Å². The van der Waals surface area contributed by atoms with Crippen LogP contribution in [0.25, 0.3) is 11.1 Å². The van der Waals surface area contributed by atoms with Gasteiger partial charge in [-0.05, 0) is 17.7 Å². The van der Waals surface area contributed by atoms with Gasteiger partial charge >= 0.3 is 5.76 Å². The number of hydrogen-bond acceptors (Lipinski definition) is 4. The minimum Gasteiger partial charge on any atom is -0.408 e. The lowest BCUT2D eigenvalue weighted by molar-refractivity contribution is 0.204. The molecule has 0 bridgehead atoms. The molecule has 1 aromatic heterocycles. The summed E-state index contributed by atoms with van der Waals surface area (Å²) < 4.78 is 6.38. The van der Waals surface area contributed by atoms with E-state index in [1.54, 1.807) is 25.2 Å². The molecule has 2 aromatic rings. The Labute approximate surface area is 91.5 Å². The molecule has 0 aliphatic rings. The molecule has 15 heavy (non-hydrogen) atoms. The van der Waals surface area contributed by atoms with E-state index < -0.39 is 11.9 Å². The van der Waals surface area contributed by atoms with E-state index in [9.17, 15) is 9.90 Å². The molecule has 0 fully saturated rings. The van der Waals surface area contributed by atoms with Crippen LogP contribution in [0.15, 0.2) is 27.4 Å². The fourth-order valence-electron chi connectivity index (χ4n) is 1.46. The fourth-order valence-corrected chi connectivity index (χ4v) is 1.67. The van der Waals surface area contributed by atoms with Crippen LogP contribution in [0.3, 0.4) is 0 Å². The standard InChI is InChI=1S/C10H11NO3S/c1-11-7-4-6(8(12)5-15)2-3-9(7)14-10(11)13/h2-4,8,12,15H,5H2,1H3. The predicted octanol–water partition coefficient (Wildman–Crippen LogP) is 1.09. The molecule has 1 heterocycles. The summed E-state index contributed by atoms with van der Waals surface area (Å²) in [5.41, 5.74) is 1.94. The average molecular weight is 225 g/mol. The first-order valence-corrected chi connectivity index (χ1v) is 5.15. The van der Waals surface area contributed by atoms with E-state index in [0.29, 0.717) is 16.9 Å². The minimum atomic E-state index is -0.622. The van der Waals surface area contributed by atoms with E-state index in [4.69, 9.17) is 4.42 Å². The summed E-state index contributed by atoms with van der Waals surface area (Å²) in [4.78, 5) is 11.2. The van der Waals surface area contributed by atoms with Crippen molar-refractivity contribution in [2.24, 2.45) is 7.05 Å². The number of fused-ring (bicyclic) bond motifs is 1. The quantitative estimate of drug-likeness (QED) is 0.752. The zero-order valence-electron chi connectivity index (χ0n) is 8.17. The van der Waals surface area contributed by atoms with Crippen molar-refractivity contribution in [3.63, 3.8) is 0 Å².